The van der Waals surface area contributed by atoms with Gasteiger partial charge in [-0.3, -0.25) is 0 Å². The van der Waals surface area contributed by atoms with Gasteiger partial charge in [0, 0.05) is 5.69 Å². The maximum atomic E-state index is 9.10. The molecule has 0 unspecified atom stereocenters. The zero-order valence-corrected chi connectivity index (χ0v) is 14.6. The third-order valence-corrected chi connectivity index (χ3v) is 4.31. The van der Waals surface area contributed by atoms with Gasteiger partial charge < -0.3 is 11.5 Å². The summed E-state index contributed by atoms with van der Waals surface area (Å²) in [7, 11) is 0. The molecule has 4 N–H and O–H groups in total. The van der Waals surface area contributed by atoms with Gasteiger partial charge in [-0.1, -0.05) is 12.1 Å². The van der Waals surface area contributed by atoms with Crippen molar-refractivity contribution in [1.82, 2.24) is 24.7 Å². The van der Waals surface area contributed by atoms with Crippen molar-refractivity contribution in [3.63, 3.8) is 0 Å². The maximum absolute atomic E-state index is 9.10. The summed E-state index contributed by atoms with van der Waals surface area (Å²) in [6, 6.07) is 13.0. The van der Waals surface area contributed by atoms with E-state index in [9.17, 15) is 0 Å². The van der Waals surface area contributed by atoms with Crippen molar-refractivity contribution in [3.8, 4) is 17.5 Å². The van der Waals surface area contributed by atoms with Crippen LogP contribution in [0.3, 0.4) is 0 Å². The van der Waals surface area contributed by atoms with Crippen LogP contribution in [0.4, 0.5) is 11.6 Å². The van der Waals surface area contributed by atoms with E-state index in [4.69, 9.17) is 16.7 Å². The molecule has 0 saturated carbocycles. The fourth-order valence-electron chi connectivity index (χ4n) is 2.97. The van der Waals surface area contributed by atoms with E-state index < -0.39 is 0 Å². The van der Waals surface area contributed by atoms with E-state index in [-0.39, 0.29) is 5.95 Å². The Morgan fingerprint density at radius 1 is 1.11 bits per heavy atom. The summed E-state index contributed by atoms with van der Waals surface area (Å²) in [5.41, 5.74) is 16.7. The summed E-state index contributed by atoms with van der Waals surface area (Å²) in [4.78, 5) is 13.0. The minimum absolute atomic E-state index is 0.123. The summed E-state index contributed by atoms with van der Waals surface area (Å²) >= 11 is 0. The number of nitrogen functional groups attached to an aromatic ring is 2. The van der Waals surface area contributed by atoms with E-state index in [0.717, 1.165) is 22.2 Å². The number of rotatable bonds is 3. The Labute approximate surface area is 155 Å². The first kappa shape index (κ1) is 16.5. The number of aryl methyl sites for hydroxylation is 1. The molecule has 27 heavy (non-hydrogen) atoms. The molecule has 0 aliphatic carbocycles. The molecule has 0 amide bonds. The Morgan fingerprint density at radius 2 is 1.96 bits per heavy atom. The van der Waals surface area contributed by atoms with Gasteiger partial charge in [-0.05, 0) is 42.3 Å². The summed E-state index contributed by atoms with van der Waals surface area (Å²) in [6.45, 7) is 2.53. The van der Waals surface area contributed by atoms with Gasteiger partial charge in [0.05, 0.1) is 23.8 Å². The number of aromatic nitrogens is 5. The molecule has 0 fully saturated rings. The summed E-state index contributed by atoms with van der Waals surface area (Å²) in [5.74, 6) is 0.123. The molecule has 8 nitrogen and oxygen atoms in total. The van der Waals surface area contributed by atoms with Crippen molar-refractivity contribution >= 4 is 22.7 Å². The second kappa shape index (κ2) is 6.38. The number of fused-ring (bicyclic) bond motifs is 1. The number of hydrogen-bond acceptors (Lipinski definition) is 7. The molecule has 0 radical (unpaired) electrons. The van der Waals surface area contributed by atoms with Gasteiger partial charge in [0.25, 0.3) is 0 Å². The number of nitrogens with two attached hydrogens (primary N) is 2. The highest BCUT2D eigenvalue weighted by molar-refractivity contribution is 5.90. The lowest BCUT2D eigenvalue weighted by Gasteiger charge is -2.09. The minimum atomic E-state index is 0.123. The number of pyridine rings is 1. The molecule has 0 saturated heterocycles. The Hall–Kier alpha value is -3.99. The molecule has 4 rings (SSSR count). The van der Waals surface area contributed by atoms with Crippen molar-refractivity contribution < 1.29 is 0 Å². The predicted molar refractivity (Wildman–Crippen MR) is 102 cm³/mol. The molecular formula is C19H16N8. The number of anilines is 2. The molecule has 3 aromatic heterocycles. The smallest absolute Gasteiger partial charge is 0.222 e. The third kappa shape index (κ3) is 3.02. The fourth-order valence-corrected chi connectivity index (χ4v) is 2.97. The lowest BCUT2D eigenvalue weighted by atomic mass is 10.1. The fraction of sp³-hybridized carbons (Fsp3) is 0.105. The van der Waals surface area contributed by atoms with Gasteiger partial charge in [0.1, 0.15) is 17.5 Å². The lowest BCUT2D eigenvalue weighted by Crippen LogP contribution is -2.06. The van der Waals surface area contributed by atoms with Gasteiger partial charge in [-0.15, -0.1) is 0 Å². The predicted octanol–water partition coefficient (Wildman–Crippen LogP) is 2.28. The van der Waals surface area contributed by atoms with Crippen LogP contribution in [-0.4, -0.2) is 24.7 Å². The second-order valence-corrected chi connectivity index (χ2v) is 6.18. The van der Waals surface area contributed by atoms with Crippen LogP contribution >= 0.6 is 0 Å². The van der Waals surface area contributed by atoms with E-state index in [1.807, 2.05) is 31.2 Å². The summed E-state index contributed by atoms with van der Waals surface area (Å²) < 4.78 is 1.77. The Kier molecular flexibility index (Phi) is 3.90. The van der Waals surface area contributed by atoms with Gasteiger partial charge in [-0.2, -0.15) is 15.3 Å². The molecular weight excluding hydrogens is 340 g/mol. The quantitative estimate of drug-likeness (QED) is 0.538. The number of hydrogen-bond donors (Lipinski definition) is 2. The normalized spacial score (nSPS) is 10.8. The molecule has 4 aromatic rings. The van der Waals surface area contributed by atoms with Crippen LogP contribution in [-0.2, 0) is 6.54 Å². The molecule has 0 spiro atoms. The van der Waals surface area contributed by atoms with Crippen molar-refractivity contribution in [2.24, 2.45) is 0 Å². The highest BCUT2D eigenvalue weighted by Gasteiger charge is 2.15. The van der Waals surface area contributed by atoms with Crippen LogP contribution in [0.25, 0.3) is 22.4 Å². The van der Waals surface area contributed by atoms with Crippen molar-refractivity contribution in [2.45, 2.75) is 13.5 Å². The van der Waals surface area contributed by atoms with Crippen LogP contribution in [0.5, 0.6) is 0 Å². The van der Waals surface area contributed by atoms with Crippen LogP contribution in [0.15, 0.2) is 42.6 Å². The topological polar surface area (TPSA) is 132 Å². The van der Waals surface area contributed by atoms with E-state index in [2.05, 4.69) is 20.1 Å². The van der Waals surface area contributed by atoms with Crippen molar-refractivity contribution in [3.05, 3.63) is 59.4 Å². The summed E-state index contributed by atoms with van der Waals surface area (Å²) in [6.07, 6.45) is 1.69. The van der Waals surface area contributed by atoms with E-state index in [1.165, 1.54) is 0 Å². The first-order valence-electron chi connectivity index (χ1n) is 8.26. The lowest BCUT2D eigenvalue weighted by molar-refractivity contribution is 0.701. The highest BCUT2D eigenvalue weighted by atomic mass is 15.3. The molecule has 1 aromatic carbocycles. The van der Waals surface area contributed by atoms with Crippen molar-refractivity contribution in [1.29, 1.82) is 5.26 Å². The highest BCUT2D eigenvalue weighted by Crippen LogP contribution is 2.26. The zero-order valence-electron chi connectivity index (χ0n) is 14.6. The van der Waals surface area contributed by atoms with Gasteiger partial charge in [0.2, 0.25) is 5.95 Å². The molecule has 8 heteroatoms. The summed E-state index contributed by atoms with van der Waals surface area (Å²) in [5, 5.41) is 14.3. The molecule has 0 bridgehead atoms. The average Bonchev–Trinajstić information content (AvgIpc) is 3.06. The van der Waals surface area contributed by atoms with Crippen LogP contribution in [0, 0.1) is 18.3 Å². The standard InChI is InChI=1S/C19H16N8/c1-11-7-13(21)6-5-12(11)10-27-18-15(9-23-27)17(25-19(22)26-18)16-4-2-3-14(8-20)24-16/h2-7,9H,10,21H2,1H3,(H2,22,25,26). The first-order valence-corrected chi connectivity index (χ1v) is 8.26. The Morgan fingerprint density at radius 3 is 2.74 bits per heavy atom. The van der Waals surface area contributed by atoms with E-state index in [1.54, 1.807) is 29.1 Å². The van der Waals surface area contributed by atoms with Crippen LogP contribution < -0.4 is 11.5 Å². The van der Waals surface area contributed by atoms with Gasteiger partial charge >= 0.3 is 0 Å². The zero-order chi connectivity index (χ0) is 19.0. The maximum Gasteiger partial charge on any atom is 0.222 e. The minimum Gasteiger partial charge on any atom is -0.399 e. The number of nitriles is 1. The van der Waals surface area contributed by atoms with Crippen LogP contribution in [0.2, 0.25) is 0 Å². The number of nitrogens with zero attached hydrogens (tertiary/aromatic N) is 6. The Bertz CT molecular complexity index is 1200. The molecule has 132 valence electrons. The monoisotopic (exact) mass is 356 g/mol. The molecule has 0 atom stereocenters. The van der Waals surface area contributed by atoms with Crippen molar-refractivity contribution in [2.75, 3.05) is 11.5 Å². The molecule has 3 heterocycles. The number of benzene rings is 1. The Balaban J connectivity index is 1.84. The van der Waals surface area contributed by atoms with Crippen LogP contribution in [0.1, 0.15) is 16.8 Å². The average molecular weight is 356 g/mol. The first-order chi connectivity index (χ1) is 13.0. The third-order valence-electron chi connectivity index (χ3n) is 4.31. The molecule has 0 aliphatic heterocycles. The van der Waals surface area contributed by atoms with E-state index in [0.29, 0.717) is 29.3 Å². The second-order valence-electron chi connectivity index (χ2n) is 6.18. The largest absolute Gasteiger partial charge is 0.399 e. The van der Waals surface area contributed by atoms with Gasteiger partial charge in [0.15, 0.2) is 5.65 Å². The van der Waals surface area contributed by atoms with Gasteiger partial charge in [-0.25, -0.2) is 14.6 Å². The molecule has 0 aliphatic rings. The SMILES string of the molecule is Cc1cc(N)ccc1Cn1ncc2c(-c3cccc(C#N)n3)nc(N)nc21. The van der Waals surface area contributed by atoms with E-state index >= 15 is 0 Å².